The highest BCUT2D eigenvalue weighted by molar-refractivity contribution is 5.18. The van der Waals surface area contributed by atoms with Gasteiger partial charge in [0, 0.05) is 12.6 Å². The topological polar surface area (TPSA) is 29.3 Å². The molecular formula is C17H30N2. The molecule has 108 valence electrons. The number of nitrogens with zero attached hydrogens (tertiary/aromatic N) is 1. The first-order valence-corrected chi connectivity index (χ1v) is 7.71. The zero-order chi connectivity index (χ0) is 14.1. The minimum absolute atomic E-state index is 0.509. The van der Waals surface area contributed by atoms with Crippen molar-refractivity contribution in [3.63, 3.8) is 0 Å². The Bertz CT molecular complexity index is 317. The summed E-state index contributed by atoms with van der Waals surface area (Å²) in [4.78, 5) is 2.57. The quantitative estimate of drug-likeness (QED) is 0.736. The molecule has 2 heteroatoms. The van der Waals surface area contributed by atoms with Gasteiger partial charge in [0.25, 0.3) is 0 Å². The van der Waals surface area contributed by atoms with Gasteiger partial charge in [-0.1, -0.05) is 51.1 Å². The summed E-state index contributed by atoms with van der Waals surface area (Å²) in [5.41, 5.74) is 7.44. The molecule has 0 aliphatic carbocycles. The van der Waals surface area contributed by atoms with Gasteiger partial charge in [-0.15, -0.1) is 0 Å². The van der Waals surface area contributed by atoms with Gasteiger partial charge in [0.05, 0.1) is 0 Å². The van der Waals surface area contributed by atoms with Crippen LogP contribution in [0, 0.1) is 0 Å². The van der Waals surface area contributed by atoms with Gasteiger partial charge in [-0.2, -0.15) is 0 Å². The van der Waals surface area contributed by atoms with Crippen molar-refractivity contribution in [3.05, 3.63) is 35.9 Å². The Morgan fingerprint density at radius 1 is 1.05 bits per heavy atom. The molecule has 0 fully saturated rings. The van der Waals surface area contributed by atoms with E-state index in [1.807, 2.05) is 0 Å². The van der Waals surface area contributed by atoms with E-state index in [4.69, 9.17) is 5.73 Å². The van der Waals surface area contributed by atoms with E-state index in [0.717, 1.165) is 26.1 Å². The Morgan fingerprint density at radius 3 is 2.11 bits per heavy atom. The van der Waals surface area contributed by atoms with Gasteiger partial charge in [-0.3, -0.25) is 4.90 Å². The number of hydrogen-bond donors (Lipinski definition) is 1. The molecular weight excluding hydrogens is 232 g/mol. The number of benzene rings is 1. The molecule has 0 radical (unpaired) electrons. The van der Waals surface area contributed by atoms with E-state index < -0.39 is 0 Å². The van der Waals surface area contributed by atoms with Crippen LogP contribution in [-0.2, 0) is 0 Å². The van der Waals surface area contributed by atoms with E-state index in [1.165, 1.54) is 18.4 Å². The van der Waals surface area contributed by atoms with Crippen LogP contribution >= 0.6 is 0 Å². The second kappa shape index (κ2) is 9.11. The summed E-state index contributed by atoms with van der Waals surface area (Å²) < 4.78 is 0. The van der Waals surface area contributed by atoms with Crippen molar-refractivity contribution < 1.29 is 0 Å². The first-order chi connectivity index (χ1) is 9.22. The Kier molecular flexibility index (Phi) is 7.76. The van der Waals surface area contributed by atoms with Gasteiger partial charge in [0.15, 0.2) is 0 Å². The fourth-order valence-corrected chi connectivity index (χ4v) is 2.77. The van der Waals surface area contributed by atoms with Crippen LogP contribution in [-0.4, -0.2) is 30.6 Å². The van der Waals surface area contributed by atoms with E-state index >= 15 is 0 Å². The summed E-state index contributed by atoms with van der Waals surface area (Å²) in [6.45, 7) is 9.90. The van der Waals surface area contributed by atoms with Crippen LogP contribution in [0.3, 0.4) is 0 Å². The maximum absolute atomic E-state index is 6.02. The van der Waals surface area contributed by atoms with Gasteiger partial charge in [0.1, 0.15) is 0 Å². The van der Waals surface area contributed by atoms with E-state index in [1.54, 1.807) is 0 Å². The highest BCUT2D eigenvalue weighted by Crippen LogP contribution is 2.22. The summed E-state index contributed by atoms with van der Waals surface area (Å²) in [6, 6.07) is 11.3. The number of nitrogens with two attached hydrogens (primary N) is 1. The van der Waals surface area contributed by atoms with Crippen molar-refractivity contribution in [1.82, 2.24) is 4.90 Å². The van der Waals surface area contributed by atoms with Crippen LogP contribution < -0.4 is 5.73 Å². The second-order valence-electron chi connectivity index (χ2n) is 5.47. The lowest BCUT2D eigenvalue weighted by Gasteiger charge is -2.32. The predicted molar refractivity (Wildman–Crippen MR) is 84.5 cm³/mol. The second-order valence-corrected chi connectivity index (χ2v) is 5.47. The summed E-state index contributed by atoms with van der Waals surface area (Å²) in [6.07, 6.45) is 3.56. The van der Waals surface area contributed by atoms with E-state index in [0.29, 0.717) is 12.0 Å². The zero-order valence-corrected chi connectivity index (χ0v) is 12.8. The smallest absolute Gasteiger partial charge is 0.0224 e. The summed E-state index contributed by atoms with van der Waals surface area (Å²) in [7, 11) is 0. The normalized spacial score (nSPS) is 14.6. The molecule has 0 aromatic heterocycles. The minimum Gasteiger partial charge on any atom is -0.329 e. The third-order valence-corrected chi connectivity index (χ3v) is 3.80. The summed E-state index contributed by atoms with van der Waals surface area (Å²) >= 11 is 0. The number of rotatable bonds is 9. The SMILES string of the molecule is CCCN(CCC)C(CN)CC(C)c1ccccc1. The average molecular weight is 262 g/mol. The van der Waals surface area contributed by atoms with Crippen LogP contribution in [0.15, 0.2) is 30.3 Å². The van der Waals surface area contributed by atoms with E-state index in [-0.39, 0.29) is 0 Å². The summed E-state index contributed by atoms with van der Waals surface area (Å²) in [5, 5.41) is 0. The Labute approximate surface area is 119 Å². The lowest BCUT2D eigenvalue weighted by atomic mass is 9.93. The highest BCUT2D eigenvalue weighted by Gasteiger charge is 2.19. The Hall–Kier alpha value is -0.860. The molecule has 2 atom stereocenters. The summed E-state index contributed by atoms with van der Waals surface area (Å²) in [5.74, 6) is 0.575. The molecule has 2 unspecified atom stereocenters. The molecule has 0 aliphatic heterocycles. The maximum Gasteiger partial charge on any atom is 0.0224 e. The first kappa shape index (κ1) is 16.2. The zero-order valence-electron chi connectivity index (χ0n) is 12.8. The predicted octanol–water partition coefficient (Wildman–Crippen LogP) is 3.63. The number of hydrogen-bond acceptors (Lipinski definition) is 2. The fourth-order valence-electron chi connectivity index (χ4n) is 2.77. The molecule has 0 spiro atoms. The lowest BCUT2D eigenvalue weighted by Crippen LogP contribution is -2.42. The fraction of sp³-hybridized carbons (Fsp3) is 0.647. The van der Waals surface area contributed by atoms with Crippen LogP contribution in [0.1, 0.15) is 51.5 Å². The monoisotopic (exact) mass is 262 g/mol. The third-order valence-electron chi connectivity index (χ3n) is 3.80. The van der Waals surface area contributed by atoms with Crippen molar-refractivity contribution in [3.8, 4) is 0 Å². The van der Waals surface area contributed by atoms with Crippen molar-refractivity contribution in [2.45, 2.75) is 52.0 Å². The van der Waals surface area contributed by atoms with E-state index in [2.05, 4.69) is 56.0 Å². The standard InChI is InChI=1S/C17H30N2/c1-4-11-19(12-5-2)17(14-18)13-15(3)16-9-7-6-8-10-16/h6-10,15,17H,4-5,11-14,18H2,1-3H3. The molecule has 0 amide bonds. The average Bonchev–Trinajstić information content (AvgIpc) is 2.45. The molecule has 2 N–H and O–H groups in total. The molecule has 0 saturated heterocycles. The van der Waals surface area contributed by atoms with Crippen molar-refractivity contribution >= 4 is 0 Å². The molecule has 1 aromatic carbocycles. The highest BCUT2D eigenvalue weighted by atomic mass is 15.2. The van der Waals surface area contributed by atoms with Crippen LogP contribution in [0.5, 0.6) is 0 Å². The molecule has 2 nitrogen and oxygen atoms in total. The molecule has 1 rings (SSSR count). The maximum atomic E-state index is 6.02. The van der Waals surface area contributed by atoms with Crippen LogP contribution in [0.2, 0.25) is 0 Å². The van der Waals surface area contributed by atoms with Crippen molar-refractivity contribution in [2.75, 3.05) is 19.6 Å². The van der Waals surface area contributed by atoms with Crippen molar-refractivity contribution in [1.29, 1.82) is 0 Å². The van der Waals surface area contributed by atoms with Crippen LogP contribution in [0.25, 0.3) is 0 Å². The van der Waals surface area contributed by atoms with Gasteiger partial charge in [-0.25, -0.2) is 0 Å². The van der Waals surface area contributed by atoms with Gasteiger partial charge in [-0.05, 0) is 43.8 Å². The molecule has 0 saturated carbocycles. The Morgan fingerprint density at radius 2 is 1.63 bits per heavy atom. The largest absolute Gasteiger partial charge is 0.329 e. The van der Waals surface area contributed by atoms with Crippen molar-refractivity contribution in [2.24, 2.45) is 5.73 Å². The van der Waals surface area contributed by atoms with Gasteiger partial charge < -0.3 is 5.73 Å². The van der Waals surface area contributed by atoms with E-state index in [9.17, 15) is 0 Å². The van der Waals surface area contributed by atoms with Gasteiger partial charge >= 0.3 is 0 Å². The third kappa shape index (κ3) is 5.33. The Balaban J connectivity index is 2.63. The lowest BCUT2D eigenvalue weighted by molar-refractivity contribution is 0.185. The molecule has 0 bridgehead atoms. The molecule has 1 aromatic rings. The molecule has 0 heterocycles. The van der Waals surface area contributed by atoms with Gasteiger partial charge in [0.2, 0.25) is 0 Å². The molecule has 0 aliphatic rings. The van der Waals surface area contributed by atoms with Crippen LogP contribution in [0.4, 0.5) is 0 Å². The minimum atomic E-state index is 0.509. The molecule has 19 heavy (non-hydrogen) atoms. The first-order valence-electron chi connectivity index (χ1n) is 7.71.